The first-order chi connectivity index (χ1) is 3.00. The van der Waals surface area contributed by atoms with E-state index in [4.69, 9.17) is 0 Å². The highest BCUT2D eigenvalue weighted by molar-refractivity contribution is 5.76. The lowest BCUT2D eigenvalue weighted by Crippen LogP contribution is -2.11. The van der Waals surface area contributed by atoms with Gasteiger partial charge in [-0.1, -0.05) is 0 Å². The van der Waals surface area contributed by atoms with Gasteiger partial charge < -0.3 is 5.32 Å². The third-order valence-corrected chi connectivity index (χ3v) is 0.495. The van der Waals surface area contributed by atoms with Gasteiger partial charge in [0.1, 0.15) is 6.67 Å². The first-order valence-corrected chi connectivity index (χ1v) is 1.73. The Morgan fingerprint density at radius 2 is 2.00 bits per heavy atom. The molecule has 0 radical (unpaired) electrons. The summed E-state index contributed by atoms with van der Waals surface area (Å²) in [5.41, 5.74) is 0. The minimum absolute atomic E-state index is 0.576. The fourth-order valence-corrected chi connectivity index (χ4v) is 0.268. The van der Waals surface area contributed by atoms with Crippen molar-refractivity contribution in [2.24, 2.45) is 9.98 Å². The highest BCUT2D eigenvalue weighted by atomic mass is 15.1. The molecule has 0 aromatic rings. The molecule has 0 unspecified atom stereocenters. The third kappa shape index (κ3) is 0.544. The van der Waals surface area contributed by atoms with Crippen molar-refractivity contribution in [1.82, 2.24) is 5.32 Å². The molecular weight excluding hydrogens is 78.1 g/mol. The van der Waals surface area contributed by atoms with Crippen LogP contribution in [0.1, 0.15) is 0 Å². The van der Waals surface area contributed by atoms with E-state index in [9.17, 15) is 0 Å². The molecule has 3 nitrogen and oxygen atoms in total. The Labute approximate surface area is 35.8 Å². The Morgan fingerprint density at radius 3 is 2.17 bits per heavy atom. The number of aliphatic imine (C=N–C) groups is 2. The largest absolute Gasteiger partial charge is 0.338 e. The highest BCUT2D eigenvalue weighted by Gasteiger charge is 1.74. The van der Waals surface area contributed by atoms with Crippen LogP contribution in [0.2, 0.25) is 0 Å². The molecule has 0 saturated carbocycles. The van der Waals surface area contributed by atoms with Gasteiger partial charge in [-0.25, -0.2) is 0 Å². The normalized spacial score (nSPS) is 17.3. The Morgan fingerprint density at radius 1 is 1.33 bits per heavy atom. The SMILES string of the molecule is C1=NCN=CN1. The maximum Gasteiger partial charge on any atom is 0.132 e. The third-order valence-electron chi connectivity index (χ3n) is 0.495. The lowest BCUT2D eigenvalue weighted by molar-refractivity contribution is 1.04. The van der Waals surface area contributed by atoms with Crippen LogP contribution in [-0.2, 0) is 0 Å². The molecule has 3 heteroatoms. The molecule has 1 aliphatic rings. The molecule has 32 valence electrons. The molecule has 0 amide bonds. The molecule has 1 aliphatic heterocycles. The van der Waals surface area contributed by atoms with Crippen molar-refractivity contribution >= 4 is 12.7 Å². The van der Waals surface area contributed by atoms with Gasteiger partial charge in [-0.15, -0.1) is 0 Å². The van der Waals surface area contributed by atoms with E-state index in [1.807, 2.05) is 0 Å². The predicted octanol–water partition coefficient (Wildman–Crippen LogP) is -0.396. The monoisotopic (exact) mass is 83.0 g/mol. The Bertz CT molecular complexity index is 64.0. The van der Waals surface area contributed by atoms with Gasteiger partial charge in [0.15, 0.2) is 0 Å². The second-order valence-corrected chi connectivity index (χ2v) is 0.931. The molecule has 0 saturated heterocycles. The number of rotatable bonds is 0. The van der Waals surface area contributed by atoms with E-state index >= 15 is 0 Å². The maximum atomic E-state index is 3.74. The van der Waals surface area contributed by atoms with Crippen LogP contribution in [0.25, 0.3) is 0 Å². The number of hydrogen-bond donors (Lipinski definition) is 1. The topological polar surface area (TPSA) is 36.8 Å². The van der Waals surface area contributed by atoms with Crippen molar-refractivity contribution in [1.29, 1.82) is 0 Å². The lowest BCUT2D eigenvalue weighted by atomic mass is 10.9. The quantitative estimate of drug-likeness (QED) is 0.425. The standard InChI is InChI=1S/C3H5N3/c1-4-2-6-3-5-1/h1-2H,3H2,(H,4,5,6). The highest BCUT2D eigenvalue weighted by Crippen LogP contribution is 1.69. The summed E-state index contributed by atoms with van der Waals surface area (Å²) in [5, 5.41) is 2.70. The smallest absolute Gasteiger partial charge is 0.132 e. The molecule has 6 heavy (non-hydrogen) atoms. The molecular formula is C3H5N3. The molecule has 1 N–H and O–H groups in total. The van der Waals surface area contributed by atoms with Gasteiger partial charge in [-0.3, -0.25) is 9.98 Å². The Balaban J connectivity index is 2.40. The van der Waals surface area contributed by atoms with Gasteiger partial charge >= 0.3 is 0 Å². The zero-order valence-corrected chi connectivity index (χ0v) is 3.26. The van der Waals surface area contributed by atoms with Gasteiger partial charge in [-0.2, -0.15) is 0 Å². The summed E-state index contributed by atoms with van der Waals surface area (Å²) in [4.78, 5) is 7.49. The molecule has 1 heterocycles. The number of hydrogen-bond acceptors (Lipinski definition) is 3. The van der Waals surface area contributed by atoms with Crippen LogP contribution in [0.5, 0.6) is 0 Å². The Hall–Kier alpha value is -0.860. The average molecular weight is 83.1 g/mol. The van der Waals surface area contributed by atoms with E-state index in [2.05, 4.69) is 15.3 Å². The zero-order chi connectivity index (χ0) is 4.24. The minimum Gasteiger partial charge on any atom is -0.338 e. The van der Waals surface area contributed by atoms with Crippen LogP contribution in [0.3, 0.4) is 0 Å². The van der Waals surface area contributed by atoms with Crippen LogP contribution in [0.4, 0.5) is 0 Å². The summed E-state index contributed by atoms with van der Waals surface area (Å²) in [6.45, 7) is 0.576. The summed E-state index contributed by atoms with van der Waals surface area (Å²) in [7, 11) is 0. The van der Waals surface area contributed by atoms with E-state index in [0.29, 0.717) is 6.67 Å². The first-order valence-electron chi connectivity index (χ1n) is 1.73. The van der Waals surface area contributed by atoms with Gasteiger partial charge in [0.25, 0.3) is 0 Å². The summed E-state index contributed by atoms with van der Waals surface area (Å²) >= 11 is 0. The number of nitrogens with zero attached hydrogens (tertiary/aromatic N) is 2. The molecule has 0 aromatic heterocycles. The molecule has 0 aliphatic carbocycles. The van der Waals surface area contributed by atoms with Crippen LogP contribution in [-0.4, -0.2) is 19.3 Å². The predicted molar refractivity (Wildman–Crippen MR) is 25.0 cm³/mol. The molecule has 0 aromatic carbocycles. The van der Waals surface area contributed by atoms with E-state index in [0.717, 1.165) is 0 Å². The van der Waals surface area contributed by atoms with Crippen molar-refractivity contribution in [2.45, 2.75) is 0 Å². The van der Waals surface area contributed by atoms with Crippen molar-refractivity contribution < 1.29 is 0 Å². The summed E-state index contributed by atoms with van der Waals surface area (Å²) in [5.74, 6) is 0. The van der Waals surface area contributed by atoms with E-state index in [-0.39, 0.29) is 0 Å². The van der Waals surface area contributed by atoms with Crippen molar-refractivity contribution in [3.8, 4) is 0 Å². The van der Waals surface area contributed by atoms with E-state index in [1.165, 1.54) is 0 Å². The fourth-order valence-electron chi connectivity index (χ4n) is 0.268. The molecule has 1 rings (SSSR count). The van der Waals surface area contributed by atoms with Crippen molar-refractivity contribution in [3.63, 3.8) is 0 Å². The number of nitrogens with one attached hydrogen (secondary N) is 1. The average Bonchev–Trinajstić information content (AvgIpc) is 1.72. The summed E-state index contributed by atoms with van der Waals surface area (Å²) < 4.78 is 0. The van der Waals surface area contributed by atoms with E-state index in [1.54, 1.807) is 12.7 Å². The first kappa shape index (κ1) is 3.33. The minimum atomic E-state index is 0.576. The van der Waals surface area contributed by atoms with Gasteiger partial charge in [-0.05, 0) is 0 Å². The van der Waals surface area contributed by atoms with Crippen molar-refractivity contribution in [2.75, 3.05) is 6.67 Å². The van der Waals surface area contributed by atoms with E-state index < -0.39 is 0 Å². The van der Waals surface area contributed by atoms with Crippen LogP contribution in [0, 0.1) is 0 Å². The molecule has 0 spiro atoms. The lowest BCUT2D eigenvalue weighted by Gasteiger charge is -1.91. The summed E-state index contributed by atoms with van der Waals surface area (Å²) in [6, 6.07) is 0. The molecule has 0 bridgehead atoms. The Kier molecular flexibility index (Phi) is 0.859. The second-order valence-electron chi connectivity index (χ2n) is 0.931. The van der Waals surface area contributed by atoms with Crippen LogP contribution in [0.15, 0.2) is 9.98 Å². The van der Waals surface area contributed by atoms with Gasteiger partial charge in [0.05, 0.1) is 12.7 Å². The second kappa shape index (κ2) is 1.55. The maximum absolute atomic E-state index is 3.74. The summed E-state index contributed by atoms with van der Waals surface area (Å²) in [6.07, 6.45) is 3.24. The fraction of sp³-hybridized carbons (Fsp3) is 0.333. The molecule has 0 fully saturated rings. The van der Waals surface area contributed by atoms with Crippen LogP contribution < -0.4 is 5.32 Å². The van der Waals surface area contributed by atoms with Gasteiger partial charge in [0, 0.05) is 0 Å². The molecule has 0 atom stereocenters. The van der Waals surface area contributed by atoms with Gasteiger partial charge in [0.2, 0.25) is 0 Å². The zero-order valence-electron chi connectivity index (χ0n) is 3.26. The van der Waals surface area contributed by atoms with Crippen molar-refractivity contribution in [3.05, 3.63) is 0 Å². The van der Waals surface area contributed by atoms with Crippen LogP contribution >= 0.6 is 0 Å².